The molecule has 2 nitrogen and oxygen atoms in total. The van der Waals surface area contributed by atoms with Crippen LogP contribution in [0.2, 0.25) is 0 Å². The molecule has 0 aromatic carbocycles. The molecule has 0 N–H and O–H groups in total. The molecule has 0 radical (unpaired) electrons. The number of hydrogen-bond acceptors (Lipinski definition) is 2. The van der Waals surface area contributed by atoms with Crippen LogP contribution in [0.1, 0.15) is 27.2 Å². The highest BCUT2D eigenvalue weighted by atomic mass is 15.1. The molecular weight excluding hydrogens is 148 g/mol. The van der Waals surface area contributed by atoms with Gasteiger partial charge in [-0.3, -0.25) is 0 Å². The molecule has 0 heterocycles. The lowest BCUT2D eigenvalue weighted by molar-refractivity contribution is 0.373. The summed E-state index contributed by atoms with van der Waals surface area (Å²) in [6, 6.07) is 0. The minimum absolute atomic E-state index is 1.16. The fourth-order valence-corrected chi connectivity index (χ4v) is 0.671. The van der Waals surface area contributed by atoms with Gasteiger partial charge in [-0.25, -0.2) is 0 Å². The second kappa shape index (κ2) is 10.9. The minimum Gasteiger partial charge on any atom is -0.309 e. The molecule has 0 aliphatic rings. The zero-order valence-corrected chi connectivity index (χ0v) is 9.72. The molecular formula is C10H26N2. The topological polar surface area (TPSA) is 6.48 Å². The predicted octanol–water partition coefficient (Wildman–Crippen LogP) is 1.92. The first-order valence-corrected chi connectivity index (χ1v) is 4.91. The van der Waals surface area contributed by atoms with Crippen LogP contribution in [0.5, 0.6) is 0 Å². The third kappa shape index (κ3) is 16.5. The molecule has 0 fully saturated rings. The summed E-state index contributed by atoms with van der Waals surface area (Å²) in [6.45, 7) is 10.0. The molecule has 0 saturated heterocycles. The van der Waals surface area contributed by atoms with E-state index in [-0.39, 0.29) is 0 Å². The van der Waals surface area contributed by atoms with E-state index in [1.165, 1.54) is 13.0 Å². The first-order valence-electron chi connectivity index (χ1n) is 4.91. The molecule has 0 saturated carbocycles. The molecule has 0 rings (SSSR count). The van der Waals surface area contributed by atoms with E-state index < -0.39 is 0 Å². The van der Waals surface area contributed by atoms with Crippen LogP contribution < -0.4 is 0 Å². The van der Waals surface area contributed by atoms with Gasteiger partial charge >= 0.3 is 0 Å². The molecule has 0 aromatic heterocycles. The lowest BCUT2D eigenvalue weighted by Gasteiger charge is -2.07. The molecule has 12 heavy (non-hydrogen) atoms. The highest BCUT2D eigenvalue weighted by Gasteiger charge is 1.81. The van der Waals surface area contributed by atoms with Gasteiger partial charge < -0.3 is 9.80 Å². The fraction of sp³-hybridized carbons (Fsp3) is 1.00. The molecule has 0 bridgehead atoms. The average molecular weight is 174 g/mol. The van der Waals surface area contributed by atoms with Gasteiger partial charge in [-0.05, 0) is 47.2 Å². The normalized spacial score (nSPS) is 10.0. The summed E-state index contributed by atoms with van der Waals surface area (Å²) in [4.78, 5) is 4.43. The van der Waals surface area contributed by atoms with Crippen molar-refractivity contribution in [3.8, 4) is 0 Å². The van der Waals surface area contributed by atoms with E-state index >= 15 is 0 Å². The SMILES string of the molecule is CCCN(C)C.CCN(C)CC. The molecule has 76 valence electrons. The summed E-state index contributed by atoms with van der Waals surface area (Å²) in [5.74, 6) is 0. The highest BCUT2D eigenvalue weighted by Crippen LogP contribution is 1.76. The van der Waals surface area contributed by atoms with Crippen molar-refractivity contribution in [1.82, 2.24) is 9.80 Å². The van der Waals surface area contributed by atoms with Crippen LogP contribution >= 0.6 is 0 Å². The van der Waals surface area contributed by atoms with Crippen molar-refractivity contribution in [2.75, 3.05) is 40.8 Å². The summed E-state index contributed by atoms with van der Waals surface area (Å²) < 4.78 is 0. The lowest BCUT2D eigenvalue weighted by Crippen LogP contribution is -2.15. The zero-order valence-electron chi connectivity index (χ0n) is 9.72. The van der Waals surface area contributed by atoms with Gasteiger partial charge in [-0.15, -0.1) is 0 Å². The van der Waals surface area contributed by atoms with Gasteiger partial charge in [0.1, 0.15) is 0 Å². The summed E-state index contributed by atoms with van der Waals surface area (Å²) in [7, 11) is 6.28. The van der Waals surface area contributed by atoms with Crippen LogP contribution in [0, 0.1) is 0 Å². The average Bonchev–Trinajstić information content (AvgIpc) is 2.04. The van der Waals surface area contributed by atoms with Crippen LogP contribution in [-0.2, 0) is 0 Å². The second-order valence-electron chi connectivity index (χ2n) is 3.29. The summed E-state index contributed by atoms with van der Waals surface area (Å²) in [6.07, 6.45) is 1.26. The molecule has 0 aromatic rings. The Morgan fingerprint density at radius 3 is 1.25 bits per heavy atom. The van der Waals surface area contributed by atoms with Crippen molar-refractivity contribution >= 4 is 0 Å². The van der Waals surface area contributed by atoms with Crippen molar-refractivity contribution in [2.45, 2.75) is 27.2 Å². The van der Waals surface area contributed by atoms with Crippen molar-refractivity contribution in [3.05, 3.63) is 0 Å². The molecule has 0 unspecified atom stereocenters. The standard InChI is InChI=1S/2C5H13N/c1-4-5-6(2)3;1-4-6(3)5-2/h2*4-5H2,1-3H3. The van der Waals surface area contributed by atoms with Gasteiger partial charge in [-0.1, -0.05) is 20.8 Å². The fourth-order valence-electron chi connectivity index (χ4n) is 0.671. The first-order chi connectivity index (χ1) is 5.58. The molecule has 0 aliphatic carbocycles. The van der Waals surface area contributed by atoms with Gasteiger partial charge in [0.05, 0.1) is 0 Å². The van der Waals surface area contributed by atoms with Gasteiger partial charge in [0.25, 0.3) is 0 Å². The highest BCUT2D eigenvalue weighted by molar-refractivity contribution is 4.36. The zero-order chi connectivity index (χ0) is 9.98. The summed E-state index contributed by atoms with van der Waals surface area (Å²) in [5, 5.41) is 0. The van der Waals surface area contributed by atoms with E-state index in [0.29, 0.717) is 0 Å². The Morgan fingerprint density at radius 1 is 0.833 bits per heavy atom. The van der Waals surface area contributed by atoms with Crippen LogP contribution in [0.4, 0.5) is 0 Å². The predicted molar refractivity (Wildman–Crippen MR) is 57.7 cm³/mol. The van der Waals surface area contributed by atoms with E-state index in [4.69, 9.17) is 0 Å². The van der Waals surface area contributed by atoms with E-state index in [1.54, 1.807) is 0 Å². The van der Waals surface area contributed by atoms with E-state index in [1.807, 2.05) is 0 Å². The van der Waals surface area contributed by atoms with Crippen molar-refractivity contribution < 1.29 is 0 Å². The molecule has 2 heteroatoms. The number of nitrogens with zero attached hydrogens (tertiary/aromatic N) is 2. The quantitative estimate of drug-likeness (QED) is 0.642. The maximum Gasteiger partial charge on any atom is -0.00275 e. The van der Waals surface area contributed by atoms with E-state index in [0.717, 1.165) is 13.1 Å². The van der Waals surface area contributed by atoms with Crippen molar-refractivity contribution in [1.29, 1.82) is 0 Å². The number of rotatable bonds is 4. The Bertz CT molecular complexity index is 68.2. The third-order valence-corrected chi connectivity index (χ3v) is 1.75. The minimum atomic E-state index is 1.16. The maximum atomic E-state index is 2.25. The maximum absolute atomic E-state index is 2.25. The molecule has 0 spiro atoms. The monoisotopic (exact) mass is 174 g/mol. The largest absolute Gasteiger partial charge is 0.309 e. The van der Waals surface area contributed by atoms with Crippen molar-refractivity contribution in [3.63, 3.8) is 0 Å². The Labute approximate surface area is 78.5 Å². The van der Waals surface area contributed by atoms with Crippen molar-refractivity contribution in [2.24, 2.45) is 0 Å². The van der Waals surface area contributed by atoms with Crippen LogP contribution in [0.15, 0.2) is 0 Å². The Hall–Kier alpha value is -0.0800. The lowest BCUT2D eigenvalue weighted by atomic mass is 10.5. The van der Waals surface area contributed by atoms with E-state index in [9.17, 15) is 0 Å². The molecule has 0 amide bonds. The number of hydrogen-bond donors (Lipinski definition) is 0. The second-order valence-corrected chi connectivity index (χ2v) is 3.29. The first kappa shape index (κ1) is 14.4. The smallest absolute Gasteiger partial charge is 0.00275 e. The summed E-state index contributed by atoms with van der Waals surface area (Å²) in [5.41, 5.74) is 0. The molecule has 0 aliphatic heterocycles. The molecule has 0 atom stereocenters. The van der Waals surface area contributed by atoms with Gasteiger partial charge in [0.2, 0.25) is 0 Å². The Balaban J connectivity index is 0. The van der Waals surface area contributed by atoms with Crippen LogP contribution in [0.3, 0.4) is 0 Å². The third-order valence-electron chi connectivity index (χ3n) is 1.75. The van der Waals surface area contributed by atoms with E-state index in [2.05, 4.69) is 51.7 Å². The van der Waals surface area contributed by atoms with Gasteiger partial charge in [-0.2, -0.15) is 0 Å². The Kier molecular flexibility index (Phi) is 13.1. The summed E-state index contributed by atoms with van der Waals surface area (Å²) >= 11 is 0. The van der Waals surface area contributed by atoms with Crippen LogP contribution in [-0.4, -0.2) is 50.6 Å². The van der Waals surface area contributed by atoms with Gasteiger partial charge in [0.15, 0.2) is 0 Å². The Morgan fingerprint density at radius 2 is 1.25 bits per heavy atom. The van der Waals surface area contributed by atoms with Crippen LogP contribution in [0.25, 0.3) is 0 Å². The van der Waals surface area contributed by atoms with Gasteiger partial charge in [0, 0.05) is 0 Å².